The smallest absolute Gasteiger partial charge is 0.104 e. The van der Waals surface area contributed by atoms with E-state index in [-0.39, 0.29) is 0 Å². The van der Waals surface area contributed by atoms with Gasteiger partial charge >= 0.3 is 0 Å². The van der Waals surface area contributed by atoms with Crippen LogP contribution in [0.4, 0.5) is 0 Å². The van der Waals surface area contributed by atoms with Crippen molar-refractivity contribution in [2.45, 2.75) is 26.2 Å². The van der Waals surface area contributed by atoms with Gasteiger partial charge in [-0.15, -0.1) is 0 Å². The predicted molar refractivity (Wildman–Crippen MR) is 84.0 cm³/mol. The van der Waals surface area contributed by atoms with Gasteiger partial charge in [-0.1, -0.05) is 18.2 Å². The second kappa shape index (κ2) is 4.85. The molecule has 1 N–H and O–H groups in total. The first-order valence-electron chi connectivity index (χ1n) is 7.41. The van der Waals surface area contributed by atoms with Crippen LogP contribution in [0.3, 0.4) is 0 Å². The summed E-state index contributed by atoms with van der Waals surface area (Å²) in [6, 6.07) is 12.7. The molecule has 2 aromatic heterocycles. The summed E-state index contributed by atoms with van der Waals surface area (Å²) in [5, 5.41) is 0. The van der Waals surface area contributed by atoms with Crippen LogP contribution in [-0.2, 0) is 12.8 Å². The van der Waals surface area contributed by atoms with E-state index in [0.717, 1.165) is 22.9 Å². The van der Waals surface area contributed by atoms with Gasteiger partial charge in [0.15, 0.2) is 0 Å². The van der Waals surface area contributed by atoms with Crippen LogP contribution in [0.5, 0.6) is 0 Å². The molecule has 0 aliphatic heterocycles. The van der Waals surface area contributed by atoms with Crippen molar-refractivity contribution >= 4 is 0 Å². The van der Waals surface area contributed by atoms with Crippen molar-refractivity contribution < 1.29 is 0 Å². The van der Waals surface area contributed by atoms with Gasteiger partial charge in [0.2, 0.25) is 0 Å². The summed E-state index contributed by atoms with van der Waals surface area (Å²) in [5.74, 6) is 0.922. The van der Waals surface area contributed by atoms with Crippen molar-refractivity contribution in [3.63, 3.8) is 0 Å². The molecule has 1 aromatic carbocycles. The SMILES string of the molecule is Cc1nc(-c2ccc3c(c2)CCC3)c(-c2ccccn2)[nH]1. The van der Waals surface area contributed by atoms with E-state index in [1.807, 2.05) is 31.3 Å². The van der Waals surface area contributed by atoms with Crippen molar-refractivity contribution in [1.82, 2.24) is 15.0 Å². The second-order valence-electron chi connectivity index (χ2n) is 5.60. The molecule has 1 aliphatic rings. The van der Waals surface area contributed by atoms with E-state index < -0.39 is 0 Å². The highest BCUT2D eigenvalue weighted by Gasteiger charge is 2.16. The summed E-state index contributed by atoms with van der Waals surface area (Å²) in [7, 11) is 0. The molecule has 4 rings (SSSR count). The molecular weight excluding hydrogens is 258 g/mol. The number of aromatic nitrogens is 3. The second-order valence-corrected chi connectivity index (χ2v) is 5.60. The minimum atomic E-state index is 0.922. The fraction of sp³-hybridized carbons (Fsp3) is 0.222. The van der Waals surface area contributed by atoms with E-state index in [1.54, 1.807) is 0 Å². The van der Waals surface area contributed by atoms with Crippen LogP contribution in [0.1, 0.15) is 23.4 Å². The molecule has 0 saturated carbocycles. The minimum absolute atomic E-state index is 0.922. The lowest BCUT2D eigenvalue weighted by Gasteiger charge is -2.05. The van der Waals surface area contributed by atoms with E-state index in [0.29, 0.717) is 0 Å². The quantitative estimate of drug-likeness (QED) is 0.769. The first kappa shape index (κ1) is 12.3. The Kier molecular flexibility index (Phi) is 2.85. The van der Waals surface area contributed by atoms with Crippen LogP contribution in [0.15, 0.2) is 42.6 Å². The van der Waals surface area contributed by atoms with E-state index >= 15 is 0 Å². The highest BCUT2D eigenvalue weighted by atomic mass is 14.9. The average molecular weight is 275 g/mol. The molecule has 0 atom stereocenters. The van der Waals surface area contributed by atoms with Crippen molar-refractivity contribution in [2.75, 3.05) is 0 Å². The number of fused-ring (bicyclic) bond motifs is 1. The Morgan fingerprint density at radius 1 is 1.05 bits per heavy atom. The Hall–Kier alpha value is -2.42. The number of rotatable bonds is 2. The van der Waals surface area contributed by atoms with Crippen molar-refractivity contribution in [1.29, 1.82) is 0 Å². The Morgan fingerprint density at radius 2 is 1.95 bits per heavy atom. The van der Waals surface area contributed by atoms with E-state index in [1.165, 1.54) is 36.0 Å². The van der Waals surface area contributed by atoms with Crippen molar-refractivity contribution in [3.05, 3.63) is 59.5 Å². The molecule has 3 heteroatoms. The maximum atomic E-state index is 4.69. The molecule has 3 aromatic rings. The van der Waals surface area contributed by atoms with Crippen LogP contribution in [0.2, 0.25) is 0 Å². The molecule has 0 fully saturated rings. The zero-order valence-corrected chi connectivity index (χ0v) is 12.1. The predicted octanol–water partition coefficient (Wildman–Crippen LogP) is 3.94. The van der Waals surface area contributed by atoms with Gasteiger partial charge in [-0.05, 0) is 55.5 Å². The number of nitrogens with zero attached hydrogens (tertiary/aromatic N) is 2. The van der Waals surface area contributed by atoms with Crippen molar-refractivity contribution in [3.8, 4) is 22.6 Å². The number of H-pyrrole nitrogens is 1. The van der Waals surface area contributed by atoms with E-state index in [9.17, 15) is 0 Å². The standard InChI is InChI=1S/C18H17N3/c1-12-20-17(18(21-12)16-7-2-3-10-19-16)15-9-8-13-5-4-6-14(13)11-15/h2-3,7-11H,4-6H2,1H3,(H,20,21). The van der Waals surface area contributed by atoms with Crippen LogP contribution in [-0.4, -0.2) is 15.0 Å². The van der Waals surface area contributed by atoms with E-state index in [4.69, 9.17) is 0 Å². The Bertz CT molecular complexity index is 787. The molecule has 0 unspecified atom stereocenters. The molecule has 104 valence electrons. The molecular formula is C18H17N3. The minimum Gasteiger partial charge on any atom is -0.340 e. The Morgan fingerprint density at radius 3 is 2.81 bits per heavy atom. The van der Waals surface area contributed by atoms with Crippen LogP contribution >= 0.6 is 0 Å². The first-order chi connectivity index (χ1) is 10.3. The summed E-state index contributed by atoms with van der Waals surface area (Å²) in [6.07, 6.45) is 5.48. The Balaban J connectivity index is 1.86. The maximum Gasteiger partial charge on any atom is 0.104 e. The molecule has 21 heavy (non-hydrogen) atoms. The molecule has 0 saturated heterocycles. The lowest BCUT2D eigenvalue weighted by molar-refractivity contribution is 0.912. The average Bonchev–Trinajstić information content (AvgIpc) is 3.13. The van der Waals surface area contributed by atoms with Crippen LogP contribution in [0, 0.1) is 6.92 Å². The molecule has 3 nitrogen and oxygen atoms in total. The normalized spacial score (nSPS) is 13.4. The number of aromatic amines is 1. The summed E-state index contributed by atoms with van der Waals surface area (Å²) in [6.45, 7) is 1.99. The van der Waals surface area contributed by atoms with Gasteiger partial charge in [-0.2, -0.15) is 0 Å². The van der Waals surface area contributed by atoms with Gasteiger partial charge in [0.05, 0.1) is 17.1 Å². The summed E-state index contributed by atoms with van der Waals surface area (Å²) in [4.78, 5) is 12.5. The molecule has 2 heterocycles. The number of imidazole rings is 1. The zero-order valence-electron chi connectivity index (χ0n) is 12.1. The topological polar surface area (TPSA) is 41.6 Å². The van der Waals surface area contributed by atoms with Gasteiger partial charge in [0.1, 0.15) is 5.82 Å². The highest BCUT2D eigenvalue weighted by Crippen LogP contribution is 2.32. The fourth-order valence-electron chi connectivity index (χ4n) is 3.12. The summed E-state index contributed by atoms with van der Waals surface area (Å²) in [5.41, 5.74) is 7.09. The summed E-state index contributed by atoms with van der Waals surface area (Å²) >= 11 is 0. The number of hydrogen-bond donors (Lipinski definition) is 1. The lowest BCUT2D eigenvalue weighted by atomic mass is 10.0. The monoisotopic (exact) mass is 275 g/mol. The Labute approximate surface area is 124 Å². The molecule has 0 bridgehead atoms. The number of pyridine rings is 1. The molecule has 0 amide bonds. The van der Waals surface area contributed by atoms with Gasteiger partial charge in [-0.25, -0.2) is 4.98 Å². The number of hydrogen-bond acceptors (Lipinski definition) is 2. The highest BCUT2D eigenvalue weighted by molar-refractivity contribution is 5.77. The third kappa shape index (κ3) is 2.15. The number of nitrogens with one attached hydrogen (secondary N) is 1. The summed E-state index contributed by atoms with van der Waals surface area (Å²) < 4.78 is 0. The lowest BCUT2D eigenvalue weighted by Crippen LogP contribution is -1.89. The fourth-order valence-corrected chi connectivity index (χ4v) is 3.12. The largest absolute Gasteiger partial charge is 0.340 e. The van der Waals surface area contributed by atoms with Crippen LogP contribution < -0.4 is 0 Å². The molecule has 0 spiro atoms. The van der Waals surface area contributed by atoms with Gasteiger partial charge in [0.25, 0.3) is 0 Å². The number of aryl methyl sites for hydroxylation is 3. The maximum absolute atomic E-state index is 4.69. The molecule has 1 aliphatic carbocycles. The van der Waals surface area contributed by atoms with Gasteiger partial charge < -0.3 is 4.98 Å². The molecule has 0 radical (unpaired) electrons. The third-order valence-corrected chi connectivity index (χ3v) is 4.12. The van der Waals surface area contributed by atoms with Crippen LogP contribution in [0.25, 0.3) is 22.6 Å². The first-order valence-corrected chi connectivity index (χ1v) is 7.41. The van der Waals surface area contributed by atoms with Gasteiger partial charge in [0, 0.05) is 11.8 Å². The third-order valence-electron chi connectivity index (χ3n) is 4.12. The number of benzene rings is 1. The van der Waals surface area contributed by atoms with E-state index in [2.05, 4.69) is 33.2 Å². The van der Waals surface area contributed by atoms with Crippen molar-refractivity contribution in [2.24, 2.45) is 0 Å². The van der Waals surface area contributed by atoms with Gasteiger partial charge in [-0.3, -0.25) is 4.98 Å². The zero-order chi connectivity index (χ0) is 14.2.